The van der Waals surface area contributed by atoms with Crippen molar-refractivity contribution in [3.63, 3.8) is 0 Å². The molecule has 6 heteroatoms. The molecule has 0 bridgehead atoms. The summed E-state index contributed by atoms with van der Waals surface area (Å²) in [6, 6.07) is 20.2. The molecule has 1 aliphatic heterocycles. The van der Waals surface area contributed by atoms with E-state index in [0.717, 1.165) is 5.75 Å². The maximum atomic E-state index is 12.8. The Morgan fingerprint density at radius 3 is 2.48 bits per heavy atom. The van der Waals surface area contributed by atoms with Gasteiger partial charge in [0.2, 0.25) is 6.29 Å². The van der Waals surface area contributed by atoms with Crippen LogP contribution in [0.25, 0.3) is 0 Å². The van der Waals surface area contributed by atoms with Gasteiger partial charge in [-0.2, -0.15) is 0 Å². The third-order valence-corrected chi connectivity index (χ3v) is 4.15. The van der Waals surface area contributed by atoms with Gasteiger partial charge in [0.1, 0.15) is 18.5 Å². The van der Waals surface area contributed by atoms with Crippen LogP contribution in [0.1, 0.15) is 22.2 Å². The zero-order valence-corrected chi connectivity index (χ0v) is 14.6. The first-order valence-electron chi connectivity index (χ1n) is 8.69. The summed E-state index contributed by atoms with van der Waals surface area (Å²) in [6.07, 6.45) is 1.98. The second-order valence-corrected chi connectivity index (χ2v) is 6.11. The number of para-hydroxylation sites is 1. The van der Waals surface area contributed by atoms with Crippen molar-refractivity contribution < 1.29 is 23.5 Å². The first-order chi connectivity index (χ1) is 13.3. The van der Waals surface area contributed by atoms with Crippen LogP contribution in [-0.4, -0.2) is 30.2 Å². The van der Waals surface area contributed by atoms with Gasteiger partial charge in [-0.1, -0.05) is 36.4 Å². The van der Waals surface area contributed by atoms with Gasteiger partial charge in [0.25, 0.3) is 5.91 Å². The van der Waals surface area contributed by atoms with Crippen molar-refractivity contribution in [2.45, 2.75) is 12.4 Å². The highest BCUT2D eigenvalue weighted by Crippen LogP contribution is 2.28. The van der Waals surface area contributed by atoms with E-state index in [4.69, 9.17) is 18.7 Å². The smallest absolute Gasteiger partial charge is 0.277 e. The number of amides is 1. The normalized spacial score (nSPS) is 19.6. The first kappa shape index (κ1) is 17.3. The highest BCUT2D eigenvalue weighted by atomic mass is 16.8. The van der Waals surface area contributed by atoms with E-state index >= 15 is 0 Å². The molecular formula is C21H19NO5. The van der Waals surface area contributed by atoms with Gasteiger partial charge < -0.3 is 13.9 Å². The lowest BCUT2D eigenvalue weighted by Crippen LogP contribution is -2.47. The van der Waals surface area contributed by atoms with E-state index in [9.17, 15) is 4.79 Å². The fraction of sp³-hybridized carbons (Fsp3) is 0.190. The molecule has 0 aliphatic carbocycles. The Bertz CT molecular complexity index is 851. The van der Waals surface area contributed by atoms with Crippen LogP contribution in [0.2, 0.25) is 0 Å². The van der Waals surface area contributed by atoms with Gasteiger partial charge >= 0.3 is 0 Å². The second-order valence-electron chi connectivity index (χ2n) is 6.11. The van der Waals surface area contributed by atoms with E-state index < -0.39 is 6.29 Å². The van der Waals surface area contributed by atoms with Crippen LogP contribution in [0.15, 0.2) is 83.7 Å². The van der Waals surface area contributed by atoms with Crippen molar-refractivity contribution >= 4 is 5.91 Å². The van der Waals surface area contributed by atoms with Gasteiger partial charge in [-0.3, -0.25) is 4.79 Å². The molecule has 1 aromatic heterocycles. The quantitative estimate of drug-likeness (QED) is 0.688. The average molecular weight is 365 g/mol. The minimum absolute atomic E-state index is 0.225. The number of hydrogen-bond acceptors (Lipinski definition) is 5. The number of ether oxygens (including phenoxy) is 2. The van der Waals surface area contributed by atoms with Crippen molar-refractivity contribution in [2.75, 3.05) is 13.2 Å². The molecule has 138 valence electrons. The summed E-state index contributed by atoms with van der Waals surface area (Å²) in [7, 11) is 0. The van der Waals surface area contributed by atoms with Crippen LogP contribution < -0.4 is 4.74 Å². The Kier molecular flexibility index (Phi) is 5.18. The summed E-state index contributed by atoms with van der Waals surface area (Å²) < 4.78 is 16.9. The minimum atomic E-state index is -0.741. The van der Waals surface area contributed by atoms with Gasteiger partial charge in [0, 0.05) is 11.1 Å². The second kappa shape index (κ2) is 8.07. The topological polar surface area (TPSA) is 61.1 Å². The van der Waals surface area contributed by atoms with Gasteiger partial charge in [0.15, 0.2) is 0 Å². The van der Waals surface area contributed by atoms with Crippen molar-refractivity contribution in [2.24, 2.45) is 0 Å². The van der Waals surface area contributed by atoms with Gasteiger partial charge in [-0.05, 0) is 30.3 Å². The van der Waals surface area contributed by atoms with Crippen molar-refractivity contribution in [1.29, 1.82) is 0 Å². The Morgan fingerprint density at radius 2 is 1.78 bits per heavy atom. The van der Waals surface area contributed by atoms with E-state index in [0.29, 0.717) is 17.7 Å². The summed E-state index contributed by atoms with van der Waals surface area (Å²) in [4.78, 5) is 18.6. The fourth-order valence-electron chi connectivity index (χ4n) is 2.79. The van der Waals surface area contributed by atoms with E-state index in [-0.39, 0.29) is 18.6 Å². The summed E-state index contributed by atoms with van der Waals surface area (Å²) in [5, 5.41) is 1.33. The van der Waals surface area contributed by atoms with E-state index in [1.54, 1.807) is 18.2 Å². The van der Waals surface area contributed by atoms with Gasteiger partial charge in [-0.25, -0.2) is 9.90 Å². The number of benzene rings is 2. The molecule has 1 fully saturated rings. The number of hydrogen-bond donors (Lipinski definition) is 0. The molecule has 6 nitrogen and oxygen atoms in total. The zero-order chi connectivity index (χ0) is 18.5. The van der Waals surface area contributed by atoms with Crippen molar-refractivity contribution in [3.05, 3.63) is 90.4 Å². The molecular weight excluding hydrogens is 346 g/mol. The molecule has 0 radical (unpaired) electrons. The zero-order valence-electron chi connectivity index (χ0n) is 14.6. The standard InChI is InChI=1S/C21H19NO5/c23-20(16-7-3-1-4-8-16)22-13-19(15-25-18-9-5-2-6-10-18)26-21(27-22)17-11-12-24-14-17/h1-12,14,19,21H,13,15H2/t19-,21+/m1/s1. The predicted octanol–water partition coefficient (Wildman–Crippen LogP) is 3.83. The molecule has 2 atom stereocenters. The summed E-state index contributed by atoms with van der Waals surface area (Å²) in [6.45, 7) is 0.551. The fourth-order valence-corrected chi connectivity index (χ4v) is 2.79. The van der Waals surface area contributed by atoms with Crippen LogP contribution in [0.3, 0.4) is 0 Å². The van der Waals surface area contributed by atoms with Gasteiger partial charge in [-0.15, -0.1) is 0 Å². The van der Waals surface area contributed by atoms with E-state index in [2.05, 4.69) is 0 Å². The lowest BCUT2D eigenvalue weighted by molar-refractivity contribution is -0.325. The molecule has 27 heavy (non-hydrogen) atoms. The van der Waals surface area contributed by atoms with Crippen molar-refractivity contribution in [3.8, 4) is 5.75 Å². The third kappa shape index (κ3) is 4.19. The largest absolute Gasteiger partial charge is 0.491 e. The number of nitrogens with zero attached hydrogens (tertiary/aromatic N) is 1. The van der Waals surface area contributed by atoms with Crippen LogP contribution >= 0.6 is 0 Å². The molecule has 1 amide bonds. The third-order valence-electron chi connectivity index (χ3n) is 4.15. The maximum Gasteiger partial charge on any atom is 0.277 e. The number of carbonyl (C=O) groups excluding carboxylic acids is 1. The Labute approximate surface area is 156 Å². The molecule has 0 N–H and O–H groups in total. The number of furan rings is 1. The Hall–Kier alpha value is -3.09. The maximum absolute atomic E-state index is 12.8. The van der Waals surface area contributed by atoms with Crippen LogP contribution in [0.5, 0.6) is 5.75 Å². The van der Waals surface area contributed by atoms with Crippen LogP contribution in [-0.2, 0) is 9.57 Å². The predicted molar refractivity (Wildman–Crippen MR) is 96.8 cm³/mol. The molecule has 1 saturated heterocycles. The number of carbonyl (C=O) groups is 1. The van der Waals surface area contributed by atoms with E-state index in [1.165, 1.54) is 17.6 Å². The van der Waals surface area contributed by atoms with E-state index in [1.807, 2.05) is 48.5 Å². The van der Waals surface area contributed by atoms with Crippen LogP contribution in [0, 0.1) is 0 Å². The summed E-state index contributed by atoms with van der Waals surface area (Å²) >= 11 is 0. The lowest BCUT2D eigenvalue weighted by Gasteiger charge is -2.36. The SMILES string of the molecule is O=C(c1ccccc1)N1C[C@H](COc2ccccc2)O[C@H](c2ccoc2)O1. The highest BCUT2D eigenvalue weighted by Gasteiger charge is 2.34. The number of rotatable bonds is 5. The molecule has 2 heterocycles. The average Bonchev–Trinajstić information content (AvgIpc) is 3.28. The summed E-state index contributed by atoms with van der Waals surface area (Å²) in [5.41, 5.74) is 1.25. The monoisotopic (exact) mass is 365 g/mol. The first-order valence-corrected chi connectivity index (χ1v) is 8.69. The lowest BCUT2D eigenvalue weighted by atomic mass is 10.2. The number of hydroxylamine groups is 2. The van der Waals surface area contributed by atoms with Crippen LogP contribution in [0.4, 0.5) is 0 Å². The molecule has 2 aromatic carbocycles. The summed E-state index contributed by atoms with van der Waals surface area (Å²) in [5.74, 6) is 0.519. The molecule has 3 aromatic rings. The Balaban J connectivity index is 1.50. The Morgan fingerprint density at radius 1 is 1.04 bits per heavy atom. The molecule has 0 saturated carbocycles. The van der Waals surface area contributed by atoms with Gasteiger partial charge in [0.05, 0.1) is 19.1 Å². The molecule has 0 unspecified atom stereocenters. The highest BCUT2D eigenvalue weighted by molar-refractivity contribution is 5.93. The van der Waals surface area contributed by atoms with Crippen molar-refractivity contribution in [1.82, 2.24) is 5.06 Å². The molecule has 4 rings (SSSR count). The molecule has 0 spiro atoms. The molecule has 1 aliphatic rings. The minimum Gasteiger partial charge on any atom is -0.491 e.